The lowest BCUT2D eigenvalue weighted by Crippen LogP contribution is -2.30. The zero-order valence-electron chi connectivity index (χ0n) is 24.6. The van der Waals surface area contributed by atoms with Crippen LogP contribution in [0.25, 0.3) is 34.3 Å². The van der Waals surface area contributed by atoms with E-state index in [0.717, 1.165) is 38.5 Å². The first-order valence-electron chi connectivity index (χ1n) is 14.2. The minimum Gasteiger partial charge on any atom is -0.375 e. The van der Waals surface area contributed by atoms with Gasteiger partial charge in [0, 0.05) is 40.8 Å². The molecule has 6 nitrogen and oxygen atoms in total. The van der Waals surface area contributed by atoms with E-state index in [1.54, 1.807) is 12.1 Å². The molecule has 1 N–H and O–H groups in total. The van der Waals surface area contributed by atoms with Gasteiger partial charge in [-0.1, -0.05) is 50.8 Å². The Morgan fingerprint density at radius 3 is 2.76 bits per heavy atom. The van der Waals surface area contributed by atoms with Crippen molar-refractivity contribution in [2.75, 3.05) is 13.2 Å². The highest BCUT2D eigenvalue weighted by Gasteiger charge is 2.22. The molecule has 2 aromatic heterocycles. The Morgan fingerprint density at radius 2 is 2.02 bits per heavy atom. The van der Waals surface area contributed by atoms with E-state index in [4.69, 9.17) is 9.72 Å². The quantitative estimate of drug-likeness (QED) is 0.321. The summed E-state index contributed by atoms with van der Waals surface area (Å²) in [7, 11) is 0. The van der Waals surface area contributed by atoms with Gasteiger partial charge in [-0.2, -0.15) is 5.26 Å². The fourth-order valence-electron chi connectivity index (χ4n) is 5.07. The molecule has 1 aliphatic rings. The number of ether oxygens (including phenoxy) is 1. The predicted molar refractivity (Wildman–Crippen MR) is 167 cm³/mol. The molecule has 0 saturated heterocycles. The van der Waals surface area contributed by atoms with Crippen LogP contribution in [0, 0.1) is 11.3 Å². The lowest BCUT2D eigenvalue weighted by atomic mass is 9.92. The molecule has 2 aromatic carbocycles. The summed E-state index contributed by atoms with van der Waals surface area (Å²) in [5, 5.41) is 15.4. The van der Waals surface area contributed by atoms with E-state index in [2.05, 4.69) is 72.9 Å². The standard InChI is InChI=1S/C33H32N4O2.C2H6/c1-5-23-11-12-30(27-7-6-8-32-28(27)13-14-37(32)21(2)3)36-31(23)15-22(4)18-35-33(38)24-9-10-25-19-39-20-26(17-34)29(25)16-24;1-2/h5-16,21,26H,4,18-20H2,1-3H3,(H,35,38);1-2H3/b23-5-,31-15+;. The number of nitrogens with one attached hydrogen (secondary N) is 1. The second kappa shape index (κ2) is 13.3. The van der Waals surface area contributed by atoms with Gasteiger partial charge in [0.05, 0.1) is 36.2 Å². The molecular weight excluding hydrogens is 508 g/mol. The van der Waals surface area contributed by atoms with Gasteiger partial charge in [0.15, 0.2) is 0 Å². The maximum atomic E-state index is 12.9. The van der Waals surface area contributed by atoms with Gasteiger partial charge in [0.2, 0.25) is 0 Å². The number of nitriles is 1. The molecule has 6 heteroatoms. The number of hydrogen-bond acceptors (Lipinski definition) is 4. The minimum atomic E-state index is -0.360. The first-order valence-corrected chi connectivity index (χ1v) is 14.2. The van der Waals surface area contributed by atoms with Gasteiger partial charge in [0.1, 0.15) is 0 Å². The van der Waals surface area contributed by atoms with Gasteiger partial charge in [-0.15, -0.1) is 0 Å². The van der Waals surface area contributed by atoms with E-state index < -0.39 is 0 Å². The molecule has 1 atom stereocenters. The Morgan fingerprint density at radius 1 is 1.22 bits per heavy atom. The Kier molecular flexibility index (Phi) is 9.54. The summed E-state index contributed by atoms with van der Waals surface area (Å²) < 4.78 is 7.74. The summed E-state index contributed by atoms with van der Waals surface area (Å²) in [6.45, 7) is 15.6. The highest BCUT2D eigenvalue weighted by molar-refractivity contribution is 5.95. The van der Waals surface area contributed by atoms with Crippen LogP contribution >= 0.6 is 0 Å². The van der Waals surface area contributed by atoms with Gasteiger partial charge in [-0.25, -0.2) is 4.98 Å². The van der Waals surface area contributed by atoms with Gasteiger partial charge in [0.25, 0.3) is 5.91 Å². The minimum absolute atomic E-state index is 0.208. The Bertz CT molecular complexity index is 1740. The van der Waals surface area contributed by atoms with Crippen molar-refractivity contribution in [2.45, 2.75) is 53.2 Å². The number of fused-ring (bicyclic) bond motifs is 2. The molecule has 1 aliphatic heterocycles. The molecule has 4 aromatic rings. The highest BCUT2D eigenvalue weighted by Crippen LogP contribution is 2.29. The second-order valence-electron chi connectivity index (χ2n) is 10.1. The number of rotatable bonds is 6. The van der Waals surface area contributed by atoms with Crippen molar-refractivity contribution in [1.82, 2.24) is 14.9 Å². The van der Waals surface area contributed by atoms with Crippen LogP contribution in [0.3, 0.4) is 0 Å². The number of carbonyl (C=O) groups is 1. The van der Waals surface area contributed by atoms with Crippen LogP contribution in [0.15, 0.2) is 72.9 Å². The largest absolute Gasteiger partial charge is 0.375 e. The van der Waals surface area contributed by atoms with Crippen molar-refractivity contribution < 1.29 is 9.53 Å². The number of benzene rings is 2. The van der Waals surface area contributed by atoms with Crippen LogP contribution in [-0.2, 0) is 11.3 Å². The highest BCUT2D eigenvalue weighted by atomic mass is 16.5. The van der Waals surface area contributed by atoms with Crippen LogP contribution in [0.5, 0.6) is 0 Å². The number of amides is 1. The maximum Gasteiger partial charge on any atom is 0.251 e. The topological polar surface area (TPSA) is 79.9 Å². The third kappa shape index (κ3) is 6.32. The fourth-order valence-corrected chi connectivity index (χ4v) is 5.07. The monoisotopic (exact) mass is 546 g/mol. The Balaban J connectivity index is 0.00000189. The third-order valence-corrected chi connectivity index (χ3v) is 7.16. The lowest BCUT2D eigenvalue weighted by molar-refractivity contribution is 0.0952. The van der Waals surface area contributed by atoms with Crippen LogP contribution in [0.2, 0.25) is 0 Å². The zero-order valence-corrected chi connectivity index (χ0v) is 24.6. The maximum absolute atomic E-state index is 12.9. The molecule has 1 unspecified atom stereocenters. The number of hydrogen-bond donors (Lipinski definition) is 1. The first-order chi connectivity index (χ1) is 19.9. The smallest absolute Gasteiger partial charge is 0.251 e. The summed E-state index contributed by atoms with van der Waals surface area (Å²) in [4.78, 5) is 17.9. The summed E-state index contributed by atoms with van der Waals surface area (Å²) in [6, 6.07) is 20.6. The number of carbonyl (C=O) groups excluding carboxylic acids is 1. The van der Waals surface area contributed by atoms with Crippen LogP contribution in [0.4, 0.5) is 0 Å². The van der Waals surface area contributed by atoms with Crippen LogP contribution in [0.1, 0.15) is 68.1 Å². The molecule has 41 heavy (non-hydrogen) atoms. The summed E-state index contributed by atoms with van der Waals surface area (Å²) >= 11 is 0. The van der Waals surface area contributed by atoms with Crippen molar-refractivity contribution in [3.8, 4) is 17.3 Å². The predicted octanol–water partition coefficient (Wildman–Crippen LogP) is 6.01. The average Bonchev–Trinajstić information content (AvgIpc) is 3.45. The first kappa shape index (κ1) is 29.5. The molecule has 0 fully saturated rings. The third-order valence-electron chi connectivity index (χ3n) is 7.16. The van der Waals surface area contributed by atoms with Gasteiger partial charge < -0.3 is 14.6 Å². The summed E-state index contributed by atoms with van der Waals surface area (Å²) in [6.07, 6.45) is 6.07. The van der Waals surface area contributed by atoms with E-state index in [1.165, 1.54) is 10.9 Å². The van der Waals surface area contributed by atoms with Crippen molar-refractivity contribution in [1.29, 1.82) is 5.26 Å². The normalized spacial score (nSPS) is 15.2. The number of aromatic nitrogens is 2. The Hall–Kier alpha value is -4.47. The number of pyridine rings is 1. The van der Waals surface area contributed by atoms with Crippen molar-refractivity contribution in [2.24, 2.45) is 0 Å². The van der Waals surface area contributed by atoms with Crippen LogP contribution < -0.4 is 15.9 Å². The summed E-state index contributed by atoms with van der Waals surface area (Å²) in [5.41, 5.74) is 6.23. The zero-order chi connectivity index (χ0) is 29.5. The molecule has 0 spiro atoms. The Labute approximate surface area is 242 Å². The fraction of sp³-hybridized carbons (Fsp3) is 0.286. The molecule has 0 bridgehead atoms. The van der Waals surface area contributed by atoms with Crippen molar-refractivity contribution in [3.63, 3.8) is 0 Å². The summed E-state index contributed by atoms with van der Waals surface area (Å²) in [5.74, 6) is -0.567. The molecular formula is C35H38N4O2. The van der Waals surface area contributed by atoms with Gasteiger partial charge in [-0.3, -0.25) is 4.79 Å². The molecule has 0 radical (unpaired) electrons. The molecule has 1 amide bonds. The molecule has 5 rings (SSSR count). The van der Waals surface area contributed by atoms with Crippen molar-refractivity contribution >= 4 is 29.0 Å². The van der Waals surface area contributed by atoms with Gasteiger partial charge >= 0.3 is 0 Å². The van der Waals surface area contributed by atoms with Crippen LogP contribution in [-0.4, -0.2) is 28.6 Å². The van der Waals surface area contributed by atoms with E-state index in [1.807, 2.05) is 45.1 Å². The molecule has 210 valence electrons. The van der Waals surface area contributed by atoms with E-state index in [-0.39, 0.29) is 18.4 Å². The average molecular weight is 547 g/mol. The SMILES string of the molecule is C=C(/C=c1/nc(-c2cccc3c2ccn3C(C)C)cc/c1=C/C)CNC(=O)c1ccc2c(c1)C(C#N)COC2.CC. The molecule has 3 heterocycles. The lowest BCUT2D eigenvalue weighted by Gasteiger charge is -2.21. The molecule has 0 aliphatic carbocycles. The van der Waals surface area contributed by atoms with Gasteiger partial charge in [-0.05, 0) is 79.1 Å². The number of nitrogens with zero attached hydrogens (tertiary/aromatic N) is 3. The second-order valence-corrected chi connectivity index (χ2v) is 10.1. The van der Waals surface area contributed by atoms with E-state index >= 15 is 0 Å². The van der Waals surface area contributed by atoms with E-state index in [0.29, 0.717) is 24.8 Å². The molecule has 0 saturated carbocycles. The van der Waals surface area contributed by atoms with E-state index in [9.17, 15) is 10.1 Å². The van der Waals surface area contributed by atoms with Crippen molar-refractivity contribution in [3.05, 3.63) is 100 Å².